The van der Waals surface area contributed by atoms with Crippen LogP contribution < -0.4 is 0 Å². The van der Waals surface area contributed by atoms with Crippen molar-refractivity contribution >= 4 is 0 Å². The first-order chi connectivity index (χ1) is 9.66. The summed E-state index contributed by atoms with van der Waals surface area (Å²) in [4.78, 5) is 0. The van der Waals surface area contributed by atoms with Gasteiger partial charge in [0.15, 0.2) is 5.79 Å². The molecular formula is C18H38O2. The molecule has 2 heteroatoms. The average Bonchev–Trinajstić information content (AvgIpc) is 2.43. The van der Waals surface area contributed by atoms with Crippen molar-refractivity contribution in [2.24, 2.45) is 5.92 Å². The fraction of sp³-hybridized carbons (Fsp3) is 1.00. The Hall–Kier alpha value is -0.0800. The van der Waals surface area contributed by atoms with Gasteiger partial charge < -0.3 is 9.47 Å². The molecule has 0 bridgehead atoms. The van der Waals surface area contributed by atoms with Gasteiger partial charge in [-0.15, -0.1) is 0 Å². The molecule has 0 aromatic rings. The third-order valence-corrected chi connectivity index (χ3v) is 4.12. The molecule has 0 rings (SSSR count). The largest absolute Gasteiger partial charge is 0.350 e. The molecule has 2 nitrogen and oxygen atoms in total. The highest BCUT2D eigenvalue weighted by molar-refractivity contribution is 4.77. The van der Waals surface area contributed by atoms with Crippen molar-refractivity contribution in [3.05, 3.63) is 0 Å². The molecule has 0 aromatic carbocycles. The molecule has 1 unspecified atom stereocenters. The molecule has 0 amide bonds. The van der Waals surface area contributed by atoms with Gasteiger partial charge in [-0.2, -0.15) is 0 Å². The maximum absolute atomic E-state index is 6.05. The molecule has 1 atom stereocenters. The molecule has 122 valence electrons. The predicted octanol–water partition coefficient (Wildman–Crippen LogP) is 5.94. The van der Waals surface area contributed by atoms with Crippen LogP contribution >= 0.6 is 0 Å². The number of hydrogen-bond donors (Lipinski definition) is 0. The van der Waals surface area contributed by atoms with Crippen molar-refractivity contribution in [1.29, 1.82) is 0 Å². The lowest BCUT2D eigenvalue weighted by Crippen LogP contribution is -2.42. The number of ether oxygens (including phenoxy) is 2. The molecule has 0 fully saturated rings. The fourth-order valence-electron chi connectivity index (χ4n) is 3.00. The monoisotopic (exact) mass is 286 g/mol. The summed E-state index contributed by atoms with van der Waals surface area (Å²) in [5.74, 6) is 0.135. The molecule has 0 aromatic heterocycles. The minimum absolute atomic E-state index is 0.346. The van der Waals surface area contributed by atoms with Gasteiger partial charge in [0.05, 0.1) is 0 Å². The van der Waals surface area contributed by atoms with Crippen LogP contribution in [0.25, 0.3) is 0 Å². The molecule has 0 saturated carbocycles. The Bertz CT molecular complexity index is 187. The zero-order chi connectivity index (χ0) is 15.3. The normalized spacial score (nSPS) is 13.7. The van der Waals surface area contributed by atoms with Gasteiger partial charge in [-0.25, -0.2) is 0 Å². The van der Waals surface area contributed by atoms with Crippen LogP contribution in [-0.4, -0.2) is 19.0 Å². The van der Waals surface area contributed by atoms with E-state index in [-0.39, 0.29) is 5.79 Å². The second kappa shape index (κ2) is 12.6. The molecule has 0 spiro atoms. The van der Waals surface area contributed by atoms with Crippen LogP contribution in [0.3, 0.4) is 0 Å². The van der Waals surface area contributed by atoms with Gasteiger partial charge in [0.2, 0.25) is 0 Å². The SMILES string of the molecule is CCCCCCCCC(C)C(CCC)(OCC)OCC. The zero-order valence-corrected chi connectivity index (χ0v) is 14.7. The van der Waals surface area contributed by atoms with Crippen molar-refractivity contribution in [3.8, 4) is 0 Å². The molecule has 0 heterocycles. The molecule has 0 aliphatic carbocycles. The van der Waals surface area contributed by atoms with Crippen LogP contribution in [0.2, 0.25) is 0 Å². The van der Waals surface area contributed by atoms with Crippen molar-refractivity contribution in [3.63, 3.8) is 0 Å². The van der Waals surface area contributed by atoms with Crippen molar-refractivity contribution in [2.75, 3.05) is 13.2 Å². The van der Waals surface area contributed by atoms with Gasteiger partial charge in [0.1, 0.15) is 0 Å². The molecule has 0 aliphatic rings. The van der Waals surface area contributed by atoms with E-state index in [1.54, 1.807) is 0 Å². The lowest BCUT2D eigenvalue weighted by Gasteiger charge is -2.38. The second-order valence-electron chi connectivity index (χ2n) is 5.89. The van der Waals surface area contributed by atoms with Crippen molar-refractivity contribution < 1.29 is 9.47 Å². The summed E-state index contributed by atoms with van der Waals surface area (Å²) in [6.07, 6.45) is 11.5. The minimum atomic E-state index is -0.346. The summed E-state index contributed by atoms with van der Waals surface area (Å²) >= 11 is 0. The lowest BCUT2D eigenvalue weighted by atomic mass is 9.90. The van der Waals surface area contributed by atoms with E-state index in [2.05, 4.69) is 34.6 Å². The lowest BCUT2D eigenvalue weighted by molar-refractivity contribution is -0.265. The molecule has 0 N–H and O–H groups in total. The van der Waals surface area contributed by atoms with Gasteiger partial charge in [0, 0.05) is 25.6 Å². The Morgan fingerprint density at radius 1 is 0.750 bits per heavy atom. The first-order valence-corrected chi connectivity index (χ1v) is 8.94. The fourth-order valence-corrected chi connectivity index (χ4v) is 3.00. The van der Waals surface area contributed by atoms with Gasteiger partial charge in [-0.05, 0) is 20.3 Å². The Balaban J connectivity index is 4.20. The van der Waals surface area contributed by atoms with E-state index < -0.39 is 0 Å². The Morgan fingerprint density at radius 2 is 1.30 bits per heavy atom. The van der Waals surface area contributed by atoms with Crippen LogP contribution in [0.4, 0.5) is 0 Å². The summed E-state index contributed by atoms with van der Waals surface area (Å²) in [6.45, 7) is 12.4. The van der Waals surface area contributed by atoms with Gasteiger partial charge in [-0.1, -0.05) is 65.7 Å². The van der Waals surface area contributed by atoms with Crippen LogP contribution in [0.5, 0.6) is 0 Å². The summed E-state index contributed by atoms with van der Waals surface area (Å²) in [5.41, 5.74) is 0. The third-order valence-electron chi connectivity index (χ3n) is 4.12. The van der Waals surface area contributed by atoms with E-state index in [0.29, 0.717) is 5.92 Å². The van der Waals surface area contributed by atoms with Crippen LogP contribution in [-0.2, 0) is 9.47 Å². The van der Waals surface area contributed by atoms with E-state index >= 15 is 0 Å². The molecule has 0 aliphatic heterocycles. The minimum Gasteiger partial charge on any atom is -0.350 e. The quantitative estimate of drug-likeness (QED) is 0.290. The first-order valence-electron chi connectivity index (χ1n) is 8.94. The highest BCUT2D eigenvalue weighted by Gasteiger charge is 2.36. The van der Waals surface area contributed by atoms with E-state index in [4.69, 9.17) is 9.47 Å². The van der Waals surface area contributed by atoms with E-state index in [9.17, 15) is 0 Å². The summed E-state index contributed by atoms with van der Waals surface area (Å²) in [6, 6.07) is 0. The molecule has 0 saturated heterocycles. The highest BCUT2D eigenvalue weighted by Crippen LogP contribution is 2.33. The predicted molar refractivity (Wildman–Crippen MR) is 88.0 cm³/mol. The Kier molecular flexibility index (Phi) is 12.6. The van der Waals surface area contributed by atoms with Gasteiger partial charge in [0.25, 0.3) is 0 Å². The first kappa shape index (κ1) is 19.9. The smallest absolute Gasteiger partial charge is 0.170 e. The topological polar surface area (TPSA) is 18.5 Å². The van der Waals surface area contributed by atoms with E-state index in [0.717, 1.165) is 26.1 Å². The van der Waals surface area contributed by atoms with Gasteiger partial charge >= 0.3 is 0 Å². The van der Waals surface area contributed by atoms with Gasteiger partial charge in [-0.3, -0.25) is 0 Å². The highest BCUT2D eigenvalue weighted by atomic mass is 16.7. The Labute approximate surface area is 127 Å². The molecule has 20 heavy (non-hydrogen) atoms. The summed E-state index contributed by atoms with van der Waals surface area (Å²) in [7, 11) is 0. The van der Waals surface area contributed by atoms with Crippen LogP contribution in [0.1, 0.15) is 92.4 Å². The zero-order valence-electron chi connectivity index (χ0n) is 14.7. The van der Waals surface area contributed by atoms with Crippen molar-refractivity contribution in [2.45, 2.75) is 98.2 Å². The number of hydrogen-bond acceptors (Lipinski definition) is 2. The average molecular weight is 286 g/mol. The van der Waals surface area contributed by atoms with Crippen LogP contribution in [0, 0.1) is 5.92 Å². The maximum Gasteiger partial charge on any atom is 0.170 e. The van der Waals surface area contributed by atoms with Crippen molar-refractivity contribution in [1.82, 2.24) is 0 Å². The molecule has 0 radical (unpaired) electrons. The standard InChI is InChI=1S/C18H38O2/c1-6-10-11-12-13-14-15-17(5)18(16-7-2,19-8-3)20-9-4/h17H,6-16H2,1-5H3. The molecular weight excluding hydrogens is 248 g/mol. The van der Waals surface area contributed by atoms with E-state index in [1.165, 1.54) is 44.9 Å². The Morgan fingerprint density at radius 3 is 1.80 bits per heavy atom. The number of rotatable bonds is 14. The van der Waals surface area contributed by atoms with Crippen LogP contribution in [0.15, 0.2) is 0 Å². The van der Waals surface area contributed by atoms with E-state index in [1.807, 2.05) is 0 Å². The number of unbranched alkanes of at least 4 members (excludes halogenated alkanes) is 5. The second-order valence-corrected chi connectivity index (χ2v) is 5.89. The summed E-state index contributed by atoms with van der Waals surface area (Å²) < 4.78 is 12.1. The summed E-state index contributed by atoms with van der Waals surface area (Å²) in [5, 5.41) is 0. The maximum atomic E-state index is 6.05. The third kappa shape index (κ3) is 7.64.